The predicted octanol–water partition coefficient (Wildman–Crippen LogP) is 5.06. The van der Waals surface area contributed by atoms with Gasteiger partial charge in [0.05, 0.1) is 12.2 Å². The Morgan fingerprint density at radius 2 is 1.86 bits per heavy atom. The summed E-state index contributed by atoms with van der Waals surface area (Å²) >= 11 is 6.52. The molecule has 0 aliphatic carbocycles. The average Bonchev–Trinajstić information content (AvgIpc) is 2.96. The second kappa shape index (κ2) is 8.76. The number of carbonyl (C=O) groups is 1. The van der Waals surface area contributed by atoms with Gasteiger partial charge < -0.3 is 5.32 Å². The number of para-hydroxylation sites is 1. The third-order valence-corrected chi connectivity index (χ3v) is 5.01. The van der Waals surface area contributed by atoms with E-state index in [0.717, 1.165) is 11.1 Å². The summed E-state index contributed by atoms with van der Waals surface area (Å²) in [5.41, 5.74) is 5.00. The van der Waals surface area contributed by atoms with Gasteiger partial charge in [-0.15, -0.1) is 0 Å². The van der Waals surface area contributed by atoms with Crippen molar-refractivity contribution in [2.24, 2.45) is 0 Å². The summed E-state index contributed by atoms with van der Waals surface area (Å²) < 4.78 is 1.67. The highest BCUT2D eigenvalue weighted by molar-refractivity contribution is 6.31. The number of rotatable bonds is 5. The topological polar surface area (TPSA) is 70.7 Å². The molecule has 0 atom stereocenters. The van der Waals surface area contributed by atoms with Gasteiger partial charge in [0.2, 0.25) is 0 Å². The number of halogens is 1. The molecule has 1 aromatic heterocycles. The Kier molecular flexibility index (Phi) is 6.16. The van der Waals surface area contributed by atoms with Crippen molar-refractivity contribution in [3.05, 3.63) is 87.2 Å². The number of amides is 1. The van der Waals surface area contributed by atoms with Gasteiger partial charge in [0.25, 0.3) is 5.91 Å². The van der Waals surface area contributed by atoms with E-state index in [-0.39, 0.29) is 5.57 Å². The van der Waals surface area contributed by atoms with Crippen molar-refractivity contribution in [3.8, 4) is 6.07 Å². The summed E-state index contributed by atoms with van der Waals surface area (Å²) in [6, 6.07) is 17.5. The second-order valence-corrected chi connectivity index (χ2v) is 7.23. The lowest BCUT2D eigenvalue weighted by molar-refractivity contribution is -0.112. The van der Waals surface area contributed by atoms with Gasteiger partial charge in [-0.3, -0.25) is 4.79 Å². The van der Waals surface area contributed by atoms with E-state index in [9.17, 15) is 10.1 Å². The number of nitriles is 1. The molecule has 2 aromatic carbocycles. The Balaban J connectivity index is 1.86. The zero-order valence-corrected chi connectivity index (χ0v) is 17.3. The van der Waals surface area contributed by atoms with Crippen LogP contribution in [0.15, 0.2) is 54.1 Å². The Morgan fingerprint density at radius 1 is 1.17 bits per heavy atom. The van der Waals surface area contributed by atoms with Crippen LogP contribution in [0.1, 0.15) is 27.9 Å². The van der Waals surface area contributed by atoms with Gasteiger partial charge in [0.1, 0.15) is 16.8 Å². The molecule has 0 spiro atoms. The maximum absolute atomic E-state index is 12.6. The van der Waals surface area contributed by atoms with Crippen LogP contribution in [0.5, 0.6) is 0 Å². The Morgan fingerprint density at radius 3 is 2.52 bits per heavy atom. The number of anilines is 1. The number of hydrogen-bond acceptors (Lipinski definition) is 3. The van der Waals surface area contributed by atoms with Crippen molar-refractivity contribution in [3.63, 3.8) is 0 Å². The third-order valence-electron chi connectivity index (χ3n) is 4.61. The molecule has 0 unspecified atom stereocenters. The van der Waals surface area contributed by atoms with Crippen molar-refractivity contribution < 1.29 is 4.79 Å². The van der Waals surface area contributed by atoms with Crippen LogP contribution in [0.2, 0.25) is 5.15 Å². The molecule has 6 heteroatoms. The number of nitrogens with one attached hydrogen (secondary N) is 1. The number of carbonyl (C=O) groups excluding carboxylic acids is 1. The summed E-state index contributed by atoms with van der Waals surface area (Å²) in [5, 5.41) is 17.1. The van der Waals surface area contributed by atoms with Gasteiger partial charge in [-0.2, -0.15) is 10.4 Å². The van der Waals surface area contributed by atoms with Crippen molar-refractivity contribution in [1.82, 2.24) is 9.78 Å². The molecule has 29 heavy (non-hydrogen) atoms. The van der Waals surface area contributed by atoms with Crippen LogP contribution in [0.3, 0.4) is 0 Å². The predicted molar refractivity (Wildman–Crippen MR) is 116 cm³/mol. The van der Waals surface area contributed by atoms with Crippen LogP contribution < -0.4 is 5.32 Å². The minimum atomic E-state index is -0.483. The van der Waals surface area contributed by atoms with Crippen molar-refractivity contribution >= 4 is 29.3 Å². The fourth-order valence-electron chi connectivity index (χ4n) is 2.90. The van der Waals surface area contributed by atoms with E-state index in [1.807, 2.05) is 62.4 Å². The van der Waals surface area contributed by atoms with Crippen molar-refractivity contribution in [2.75, 3.05) is 5.32 Å². The largest absolute Gasteiger partial charge is 0.321 e. The van der Waals surface area contributed by atoms with Gasteiger partial charge in [-0.25, -0.2) is 4.68 Å². The SMILES string of the molecule is Cc1ccc(Cn2nc(C)c(/C=C(\C#N)C(=O)Nc3ccccc3C)c2Cl)cc1. The molecule has 0 bridgehead atoms. The average molecular weight is 405 g/mol. The van der Waals surface area contributed by atoms with E-state index in [1.54, 1.807) is 17.7 Å². The lowest BCUT2D eigenvalue weighted by Crippen LogP contribution is -2.14. The summed E-state index contributed by atoms with van der Waals surface area (Å²) in [4.78, 5) is 12.6. The maximum atomic E-state index is 12.6. The highest BCUT2D eigenvalue weighted by atomic mass is 35.5. The van der Waals surface area contributed by atoms with Crippen LogP contribution in [-0.4, -0.2) is 15.7 Å². The zero-order chi connectivity index (χ0) is 21.0. The molecule has 1 amide bonds. The summed E-state index contributed by atoms with van der Waals surface area (Å²) in [6.45, 7) is 6.23. The molecule has 0 radical (unpaired) electrons. The molecule has 3 rings (SSSR count). The van der Waals surface area contributed by atoms with Crippen LogP contribution >= 0.6 is 11.6 Å². The number of aryl methyl sites for hydroxylation is 3. The fourth-order valence-corrected chi connectivity index (χ4v) is 3.19. The number of benzene rings is 2. The van der Waals surface area contributed by atoms with Crippen molar-refractivity contribution in [2.45, 2.75) is 27.3 Å². The lowest BCUT2D eigenvalue weighted by Gasteiger charge is -2.07. The molecule has 1 N–H and O–H groups in total. The first-order chi connectivity index (χ1) is 13.9. The molecule has 0 fully saturated rings. The molecule has 146 valence electrons. The quantitative estimate of drug-likeness (QED) is 0.477. The Labute approximate surface area is 175 Å². The third kappa shape index (κ3) is 4.74. The molecule has 1 heterocycles. The van der Waals surface area contributed by atoms with Gasteiger partial charge in [0, 0.05) is 11.3 Å². The van der Waals surface area contributed by atoms with Gasteiger partial charge in [0.15, 0.2) is 0 Å². The molecular formula is C23H21ClN4O. The first kappa shape index (κ1) is 20.4. The minimum Gasteiger partial charge on any atom is -0.321 e. The first-order valence-corrected chi connectivity index (χ1v) is 9.54. The number of hydrogen-bond donors (Lipinski definition) is 1. The standard InChI is InChI=1S/C23H21ClN4O/c1-15-8-10-18(11-9-15)14-28-22(24)20(17(3)27-28)12-19(13-25)23(29)26-21-7-5-4-6-16(21)2/h4-12H,14H2,1-3H3,(H,26,29)/b19-12+. The molecular weight excluding hydrogens is 384 g/mol. The molecule has 0 aliphatic rings. The van der Waals surface area contributed by atoms with E-state index in [2.05, 4.69) is 10.4 Å². The Bertz CT molecular complexity index is 1120. The zero-order valence-electron chi connectivity index (χ0n) is 16.5. The van der Waals surface area contributed by atoms with E-state index in [0.29, 0.717) is 28.6 Å². The second-order valence-electron chi connectivity index (χ2n) is 6.87. The van der Waals surface area contributed by atoms with Gasteiger partial charge >= 0.3 is 0 Å². The minimum absolute atomic E-state index is 0.0341. The first-order valence-electron chi connectivity index (χ1n) is 9.16. The van der Waals surface area contributed by atoms with E-state index in [1.165, 1.54) is 11.6 Å². The summed E-state index contributed by atoms with van der Waals surface area (Å²) in [7, 11) is 0. The summed E-state index contributed by atoms with van der Waals surface area (Å²) in [5.74, 6) is -0.483. The highest BCUT2D eigenvalue weighted by Gasteiger charge is 2.16. The molecule has 0 aliphatic heterocycles. The maximum Gasteiger partial charge on any atom is 0.266 e. The molecule has 0 saturated carbocycles. The Hall–Kier alpha value is -3.36. The number of nitrogens with zero attached hydrogens (tertiary/aromatic N) is 3. The highest BCUT2D eigenvalue weighted by Crippen LogP contribution is 2.24. The van der Waals surface area contributed by atoms with Crippen molar-refractivity contribution in [1.29, 1.82) is 5.26 Å². The smallest absolute Gasteiger partial charge is 0.266 e. The van der Waals surface area contributed by atoms with Crippen LogP contribution in [-0.2, 0) is 11.3 Å². The van der Waals surface area contributed by atoms with Gasteiger partial charge in [-0.05, 0) is 44.0 Å². The fraction of sp³-hybridized carbons (Fsp3) is 0.174. The number of aromatic nitrogens is 2. The van der Waals surface area contributed by atoms with Gasteiger partial charge in [-0.1, -0.05) is 59.6 Å². The lowest BCUT2D eigenvalue weighted by atomic mass is 10.1. The van der Waals surface area contributed by atoms with Crippen LogP contribution in [0, 0.1) is 32.1 Å². The van der Waals surface area contributed by atoms with E-state index in [4.69, 9.17) is 11.6 Å². The molecule has 3 aromatic rings. The normalized spacial score (nSPS) is 11.2. The summed E-state index contributed by atoms with van der Waals surface area (Å²) in [6.07, 6.45) is 1.49. The van der Waals surface area contributed by atoms with E-state index < -0.39 is 5.91 Å². The molecule has 0 saturated heterocycles. The van der Waals surface area contributed by atoms with E-state index >= 15 is 0 Å². The monoisotopic (exact) mass is 404 g/mol. The van der Waals surface area contributed by atoms with Crippen LogP contribution in [0.4, 0.5) is 5.69 Å². The molecule has 5 nitrogen and oxygen atoms in total. The van der Waals surface area contributed by atoms with Crippen LogP contribution in [0.25, 0.3) is 6.08 Å².